The summed E-state index contributed by atoms with van der Waals surface area (Å²) in [6.07, 6.45) is 3.10. The largest absolute Gasteiger partial charge is 0.622 e. The molecule has 6 heteroatoms. The van der Waals surface area contributed by atoms with Crippen molar-refractivity contribution in [3.63, 3.8) is 0 Å². The van der Waals surface area contributed by atoms with E-state index in [1.807, 2.05) is 31.2 Å². The number of carbonyl (C=O) groups is 1. The van der Waals surface area contributed by atoms with Crippen molar-refractivity contribution in [2.45, 2.75) is 64.1 Å². The van der Waals surface area contributed by atoms with Gasteiger partial charge in [0.25, 0.3) is 0 Å². The third-order valence-corrected chi connectivity index (χ3v) is 5.22. The lowest BCUT2D eigenvalue weighted by atomic mass is 9.86. The maximum atomic E-state index is 13.2. The Morgan fingerprint density at radius 1 is 1.28 bits per heavy atom. The van der Waals surface area contributed by atoms with Crippen molar-refractivity contribution in [1.82, 2.24) is 5.06 Å². The normalized spacial score (nSPS) is 26.5. The van der Waals surface area contributed by atoms with Crippen LogP contribution in [0.4, 0.5) is 0 Å². The SMILES string of the molecule is CCCOc1ccc(C2=[N+]([O-])[C@]3(CCCCC3=O)N(O)C2(C)C)cc1. The average molecular weight is 346 g/mol. The van der Waals surface area contributed by atoms with Gasteiger partial charge >= 0.3 is 5.66 Å². The molecular weight excluding hydrogens is 320 g/mol. The minimum Gasteiger partial charge on any atom is -0.622 e. The highest BCUT2D eigenvalue weighted by atomic mass is 16.6. The highest BCUT2D eigenvalue weighted by molar-refractivity contribution is 6.06. The van der Waals surface area contributed by atoms with Crippen LogP contribution in [0.5, 0.6) is 5.75 Å². The van der Waals surface area contributed by atoms with Gasteiger partial charge in [0.15, 0.2) is 0 Å². The van der Waals surface area contributed by atoms with E-state index in [0.29, 0.717) is 30.7 Å². The standard InChI is InChI=1S/C19H26N2O4/c1-4-13-25-15-10-8-14(9-11-15)17-18(2,3)21(24)19(20(17)23)12-6-5-7-16(19)22/h8-11,24H,4-7,12-13H2,1-3H3/t19-/m1/s1. The molecule has 1 aromatic carbocycles. The number of hydroxylamine groups is 3. The second-order valence-electron chi connectivity index (χ2n) is 7.33. The fraction of sp³-hybridized carbons (Fsp3) is 0.579. The van der Waals surface area contributed by atoms with E-state index in [1.165, 1.54) is 0 Å². The maximum Gasteiger partial charge on any atom is 0.310 e. The van der Waals surface area contributed by atoms with Gasteiger partial charge in [-0.15, -0.1) is 5.06 Å². The average Bonchev–Trinajstić information content (AvgIpc) is 2.74. The fourth-order valence-corrected chi connectivity index (χ4v) is 3.92. The number of rotatable bonds is 4. The van der Waals surface area contributed by atoms with Crippen molar-refractivity contribution in [1.29, 1.82) is 0 Å². The van der Waals surface area contributed by atoms with E-state index < -0.39 is 11.2 Å². The highest BCUT2D eigenvalue weighted by Crippen LogP contribution is 2.42. The maximum absolute atomic E-state index is 13.2. The number of ether oxygens (including phenoxy) is 1. The van der Waals surface area contributed by atoms with Crippen LogP contribution >= 0.6 is 0 Å². The molecule has 1 aliphatic heterocycles. The van der Waals surface area contributed by atoms with Crippen LogP contribution < -0.4 is 4.74 Å². The first kappa shape index (κ1) is 17.9. The smallest absolute Gasteiger partial charge is 0.310 e. The van der Waals surface area contributed by atoms with Crippen LogP contribution in [0, 0.1) is 5.21 Å². The number of ketones is 1. The molecule has 1 spiro atoms. The quantitative estimate of drug-likeness (QED) is 0.670. The Kier molecular flexibility index (Phi) is 4.60. The van der Waals surface area contributed by atoms with Gasteiger partial charge < -0.3 is 15.2 Å². The molecule has 1 N–H and O–H groups in total. The van der Waals surface area contributed by atoms with Crippen LogP contribution in [0.2, 0.25) is 0 Å². The summed E-state index contributed by atoms with van der Waals surface area (Å²) in [6, 6.07) is 7.26. The summed E-state index contributed by atoms with van der Waals surface area (Å²) in [5.74, 6) is 0.533. The Morgan fingerprint density at radius 3 is 2.56 bits per heavy atom. The Bertz CT molecular complexity index is 696. The number of carbonyl (C=O) groups excluding carboxylic acids is 1. The van der Waals surface area contributed by atoms with Gasteiger partial charge in [-0.25, -0.2) is 0 Å². The third kappa shape index (κ3) is 2.64. The van der Waals surface area contributed by atoms with Crippen molar-refractivity contribution < 1.29 is 19.5 Å². The molecule has 0 amide bonds. The van der Waals surface area contributed by atoms with Gasteiger partial charge in [0.1, 0.15) is 11.3 Å². The highest BCUT2D eigenvalue weighted by Gasteiger charge is 2.66. The topological polar surface area (TPSA) is 75.8 Å². The zero-order valence-corrected chi connectivity index (χ0v) is 15.1. The second-order valence-corrected chi connectivity index (χ2v) is 7.33. The predicted octanol–water partition coefficient (Wildman–Crippen LogP) is 3.10. The first-order valence-corrected chi connectivity index (χ1v) is 8.96. The van der Waals surface area contributed by atoms with Gasteiger partial charge in [-0.1, -0.05) is 6.92 Å². The molecule has 0 saturated heterocycles. The van der Waals surface area contributed by atoms with Gasteiger partial charge in [0, 0.05) is 18.4 Å². The lowest BCUT2D eigenvalue weighted by Crippen LogP contribution is -2.60. The van der Waals surface area contributed by atoms with E-state index in [2.05, 4.69) is 0 Å². The minimum atomic E-state index is -1.49. The van der Waals surface area contributed by atoms with Crippen LogP contribution in [0.15, 0.2) is 24.3 Å². The van der Waals surface area contributed by atoms with Gasteiger partial charge in [-0.2, -0.15) is 4.74 Å². The lowest BCUT2D eigenvalue weighted by Gasteiger charge is -2.36. The van der Waals surface area contributed by atoms with E-state index in [4.69, 9.17) is 4.74 Å². The van der Waals surface area contributed by atoms with Crippen molar-refractivity contribution in [3.8, 4) is 5.75 Å². The zero-order valence-electron chi connectivity index (χ0n) is 15.1. The summed E-state index contributed by atoms with van der Waals surface area (Å²) in [5, 5.41) is 25.0. The summed E-state index contributed by atoms with van der Waals surface area (Å²) in [5.41, 5.74) is -1.35. The minimum absolute atomic E-state index is 0.206. The number of hydrogen-bond donors (Lipinski definition) is 1. The van der Waals surface area contributed by atoms with Crippen molar-refractivity contribution >= 4 is 11.5 Å². The Hall–Kier alpha value is -1.92. The summed E-state index contributed by atoms with van der Waals surface area (Å²) in [4.78, 5) is 12.6. The molecule has 0 bridgehead atoms. The van der Waals surface area contributed by atoms with E-state index >= 15 is 0 Å². The monoisotopic (exact) mass is 346 g/mol. The van der Waals surface area contributed by atoms with Gasteiger partial charge in [-0.3, -0.25) is 4.79 Å². The number of benzene rings is 1. The van der Waals surface area contributed by atoms with Gasteiger partial charge in [0.05, 0.1) is 6.61 Å². The Balaban J connectivity index is 2.03. The molecule has 1 heterocycles. The molecular formula is C19H26N2O4. The molecule has 3 rings (SSSR count). The number of nitrogens with zero attached hydrogens (tertiary/aromatic N) is 2. The molecule has 1 fully saturated rings. The number of Topliss-reactive ketones (excluding diaryl/α,β-unsaturated/α-hetero) is 1. The van der Waals surface area contributed by atoms with Crippen LogP contribution in [-0.4, -0.2) is 44.3 Å². The molecule has 0 radical (unpaired) electrons. The first-order chi connectivity index (χ1) is 11.9. The molecule has 1 saturated carbocycles. The lowest BCUT2D eigenvalue weighted by molar-refractivity contribution is -0.573. The summed E-state index contributed by atoms with van der Waals surface area (Å²) in [7, 11) is 0. The molecule has 136 valence electrons. The van der Waals surface area contributed by atoms with Crippen LogP contribution in [-0.2, 0) is 4.79 Å². The molecule has 1 atom stereocenters. The van der Waals surface area contributed by atoms with Crippen molar-refractivity contribution in [3.05, 3.63) is 35.0 Å². The summed E-state index contributed by atoms with van der Waals surface area (Å²) in [6.45, 7) is 6.21. The molecule has 6 nitrogen and oxygen atoms in total. The number of hydrogen-bond acceptors (Lipinski definition) is 5. The van der Waals surface area contributed by atoms with E-state index in [0.717, 1.165) is 34.8 Å². The second kappa shape index (κ2) is 6.42. The van der Waals surface area contributed by atoms with Crippen LogP contribution in [0.1, 0.15) is 58.4 Å². The molecule has 0 aromatic heterocycles. The third-order valence-electron chi connectivity index (χ3n) is 5.22. The molecule has 1 aliphatic carbocycles. The van der Waals surface area contributed by atoms with E-state index in [9.17, 15) is 15.2 Å². The predicted molar refractivity (Wildman–Crippen MR) is 93.9 cm³/mol. The van der Waals surface area contributed by atoms with Gasteiger partial charge in [-0.05, 0) is 57.4 Å². The van der Waals surface area contributed by atoms with Crippen molar-refractivity contribution in [2.75, 3.05) is 6.61 Å². The zero-order chi connectivity index (χ0) is 18.2. The summed E-state index contributed by atoms with van der Waals surface area (Å²) < 4.78 is 6.33. The van der Waals surface area contributed by atoms with Crippen molar-refractivity contribution in [2.24, 2.45) is 0 Å². The van der Waals surface area contributed by atoms with Gasteiger partial charge in [0.2, 0.25) is 11.5 Å². The van der Waals surface area contributed by atoms with E-state index in [-0.39, 0.29) is 5.78 Å². The fourth-order valence-electron chi connectivity index (χ4n) is 3.92. The molecule has 1 aromatic rings. The molecule has 2 aliphatic rings. The Labute approximate surface area is 148 Å². The van der Waals surface area contributed by atoms with E-state index in [1.54, 1.807) is 13.8 Å². The van der Waals surface area contributed by atoms with Crippen LogP contribution in [0.3, 0.4) is 0 Å². The molecule has 0 unspecified atom stereocenters. The van der Waals surface area contributed by atoms with Crippen LogP contribution in [0.25, 0.3) is 0 Å². The molecule has 25 heavy (non-hydrogen) atoms. The Morgan fingerprint density at radius 2 is 1.96 bits per heavy atom. The first-order valence-electron chi connectivity index (χ1n) is 8.96. The summed E-state index contributed by atoms with van der Waals surface area (Å²) >= 11 is 0.